The molecule has 150 valence electrons. The maximum Gasteiger partial charge on any atom is 0.254 e. The van der Waals surface area contributed by atoms with E-state index in [1.54, 1.807) is 0 Å². The van der Waals surface area contributed by atoms with Crippen LogP contribution in [-0.4, -0.2) is 27.1 Å². The predicted molar refractivity (Wildman–Crippen MR) is 113 cm³/mol. The third-order valence-electron chi connectivity index (χ3n) is 5.75. The number of nitrogens with zero attached hydrogens (tertiary/aromatic N) is 3. The molecule has 3 aromatic rings. The molecule has 2 aromatic carbocycles. The van der Waals surface area contributed by atoms with E-state index in [0.29, 0.717) is 26.3 Å². The molecule has 0 N–H and O–H groups in total. The molecule has 29 heavy (non-hydrogen) atoms. The van der Waals surface area contributed by atoms with Crippen molar-refractivity contribution in [1.29, 1.82) is 0 Å². The minimum Gasteiger partial charge on any atom is -0.370 e. The standard InChI is InChI=1S/C24H27N3O2/c1-17-8-4-6-10-19(17)15-29-16-22-21-14-27(13-12-23(21)26(3)25-22)24(28)20-11-7-5-9-18(20)2/h4-11H,12-16H2,1-3H3. The average Bonchev–Trinajstić information content (AvgIpc) is 3.04. The fourth-order valence-corrected chi connectivity index (χ4v) is 3.97. The quantitative estimate of drug-likeness (QED) is 0.664. The minimum absolute atomic E-state index is 0.0874. The molecule has 0 spiro atoms. The lowest BCUT2D eigenvalue weighted by molar-refractivity contribution is 0.0727. The molecular formula is C24H27N3O2. The van der Waals surface area contributed by atoms with Crippen molar-refractivity contribution in [3.8, 4) is 0 Å². The van der Waals surface area contributed by atoms with E-state index in [1.807, 2.05) is 60.0 Å². The summed E-state index contributed by atoms with van der Waals surface area (Å²) in [6.45, 7) is 6.38. The number of fused-ring (bicyclic) bond motifs is 1. The first kappa shape index (κ1) is 19.4. The van der Waals surface area contributed by atoms with Crippen LogP contribution in [0.3, 0.4) is 0 Å². The number of hydrogen-bond donors (Lipinski definition) is 0. The molecule has 1 aliphatic rings. The number of hydrogen-bond acceptors (Lipinski definition) is 3. The van der Waals surface area contributed by atoms with E-state index in [-0.39, 0.29) is 5.91 Å². The maximum absolute atomic E-state index is 13.1. The van der Waals surface area contributed by atoms with Crippen molar-refractivity contribution in [3.63, 3.8) is 0 Å². The van der Waals surface area contributed by atoms with Gasteiger partial charge in [-0.05, 0) is 36.6 Å². The summed E-state index contributed by atoms with van der Waals surface area (Å²) in [7, 11) is 1.97. The molecule has 5 nitrogen and oxygen atoms in total. The molecular weight excluding hydrogens is 362 g/mol. The Morgan fingerprint density at radius 1 is 1.03 bits per heavy atom. The largest absolute Gasteiger partial charge is 0.370 e. The van der Waals surface area contributed by atoms with E-state index >= 15 is 0 Å². The minimum atomic E-state index is 0.0874. The third kappa shape index (κ3) is 3.96. The van der Waals surface area contributed by atoms with Gasteiger partial charge >= 0.3 is 0 Å². The molecule has 0 saturated carbocycles. The van der Waals surface area contributed by atoms with E-state index < -0.39 is 0 Å². The number of aromatic nitrogens is 2. The van der Waals surface area contributed by atoms with E-state index in [9.17, 15) is 4.79 Å². The van der Waals surface area contributed by atoms with Gasteiger partial charge in [0.05, 0.1) is 18.9 Å². The Bertz CT molecular complexity index is 1040. The monoisotopic (exact) mass is 389 g/mol. The van der Waals surface area contributed by atoms with Crippen LogP contribution in [0, 0.1) is 13.8 Å². The molecule has 0 fully saturated rings. The van der Waals surface area contributed by atoms with Crippen LogP contribution < -0.4 is 0 Å². The molecule has 4 rings (SSSR count). The van der Waals surface area contributed by atoms with Crippen molar-refractivity contribution in [3.05, 3.63) is 87.7 Å². The number of carbonyl (C=O) groups excluding carboxylic acids is 1. The topological polar surface area (TPSA) is 47.4 Å². The van der Waals surface area contributed by atoms with Gasteiger partial charge in [0.2, 0.25) is 0 Å². The Labute approximate surface area is 171 Å². The molecule has 0 aliphatic carbocycles. The Kier molecular flexibility index (Phi) is 5.49. The van der Waals surface area contributed by atoms with E-state index in [1.165, 1.54) is 16.8 Å². The van der Waals surface area contributed by atoms with Gasteiger partial charge < -0.3 is 9.64 Å². The van der Waals surface area contributed by atoms with Crippen molar-refractivity contribution >= 4 is 5.91 Å². The SMILES string of the molecule is Cc1ccccc1COCc1nn(C)c2c1CN(C(=O)c1ccccc1C)CC2. The summed E-state index contributed by atoms with van der Waals surface area (Å²) < 4.78 is 7.93. The summed E-state index contributed by atoms with van der Waals surface area (Å²) in [5.74, 6) is 0.0874. The average molecular weight is 389 g/mol. The van der Waals surface area contributed by atoms with Gasteiger partial charge in [0.1, 0.15) is 0 Å². The van der Waals surface area contributed by atoms with Gasteiger partial charge in [0.25, 0.3) is 5.91 Å². The van der Waals surface area contributed by atoms with Gasteiger partial charge in [-0.15, -0.1) is 0 Å². The van der Waals surface area contributed by atoms with Crippen LogP contribution >= 0.6 is 0 Å². The van der Waals surface area contributed by atoms with Crippen molar-refractivity contribution in [2.45, 2.75) is 40.0 Å². The van der Waals surface area contributed by atoms with Crippen LogP contribution in [0.4, 0.5) is 0 Å². The molecule has 0 unspecified atom stereocenters. The smallest absolute Gasteiger partial charge is 0.254 e. The lowest BCUT2D eigenvalue weighted by Gasteiger charge is -2.28. The third-order valence-corrected chi connectivity index (χ3v) is 5.75. The summed E-state index contributed by atoms with van der Waals surface area (Å²) in [4.78, 5) is 15.0. The number of amides is 1. The second-order valence-corrected chi connectivity index (χ2v) is 7.71. The van der Waals surface area contributed by atoms with Crippen LogP contribution in [0.25, 0.3) is 0 Å². The van der Waals surface area contributed by atoms with Crippen LogP contribution in [0.15, 0.2) is 48.5 Å². The molecule has 1 aliphatic heterocycles. The highest BCUT2D eigenvalue weighted by Crippen LogP contribution is 2.25. The van der Waals surface area contributed by atoms with Crippen molar-refractivity contribution < 1.29 is 9.53 Å². The highest BCUT2D eigenvalue weighted by Gasteiger charge is 2.27. The number of carbonyl (C=O) groups is 1. The van der Waals surface area contributed by atoms with Crippen molar-refractivity contribution in [2.24, 2.45) is 7.05 Å². The highest BCUT2D eigenvalue weighted by atomic mass is 16.5. The number of ether oxygens (including phenoxy) is 1. The molecule has 1 aromatic heterocycles. The summed E-state index contributed by atoms with van der Waals surface area (Å²) in [6, 6.07) is 16.0. The van der Waals surface area contributed by atoms with Gasteiger partial charge in [-0.25, -0.2) is 0 Å². The van der Waals surface area contributed by atoms with Gasteiger partial charge in [-0.2, -0.15) is 5.10 Å². The summed E-state index contributed by atoms with van der Waals surface area (Å²) in [5.41, 5.74) is 7.46. The van der Waals surface area contributed by atoms with E-state index in [0.717, 1.165) is 28.8 Å². The predicted octanol–water partition coefficient (Wildman–Crippen LogP) is 3.95. The number of benzene rings is 2. The molecule has 1 amide bonds. The van der Waals surface area contributed by atoms with Crippen LogP contribution in [0.2, 0.25) is 0 Å². The van der Waals surface area contributed by atoms with Crippen LogP contribution in [0.1, 0.15) is 44.0 Å². The zero-order valence-corrected chi connectivity index (χ0v) is 17.3. The van der Waals surface area contributed by atoms with Crippen molar-refractivity contribution in [2.75, 3.05) is 6.54 Å². The Morgan fingerprint density at radius 3 is 2.52 bits per heavy atom. The Morgan fingerprint density at radius 2 is 1.76 bits per heavy atom. The second-order valence-electron chi connectivity index (χ2n) is 7.71. The normalized spacial score (nSPS) is 13.4. The first-order valence-corrected chi connectivity index (χ1v) is 10.1. The van der Waals surface area contributed by atoms with E-state index in [2.05, 4.69) is 24.2 Å². The second kappa shape index (κ2) is 8.21. The molecule has 0 radical (unpaired) electrons. The molecule has 0 atom stereocenters. The summed E-state index contributed by atoms with van der Waals surface area (Å²) in [6.07, 6.45) is 0.814. The summed E-state index contributed by atoms with van der Waals surface area (Å²) in [5, 5.41) is 4.68. The van der Waals surface area contributed by atoms with Crippen LogP contribution in [-0.2, 0) is 38.0 Å². The fourth-order valence-electron chi connectivity index (χ4n) is 3.97. The molecule has 2 heterocycles. The molecule has 0 bridgehead atoms. The first-order chi connectivity index (χ1) is 14.0. The zero-order chi connectivity index (χ0) is 20.4. The lowest BCUT2D eigenvalue weighted by atomic mass is 10.0. The first-order valence-electron chi connectivity index (χ1n) is 10.1. The van der Waals surface area contributed by atoms with Crippen molar-refractivity contribution in [1.82, 2.24) is 14.7 Å². The van der Waals surface area contributed by atoms with Gasteiger partial charge in [0, 0.05) is 43.4 Å². The Hall–Kier alpha value is -2.92. The van der Waals surface area contributed by atoms with Crippen LogP contribution in [0.5, 0.6) is 0 Å². The van der Waals surface area contributed by atoms with Gasteiger partial charge in [0.15, 0.2) is 0 Å². The summed E-state index contributed by atoms with van der Waals surface area (Å²) >= 11 is 0. The maximum atomic E-state index is 13.1. The number of aryl methyl sites for hydroxylation is 3. The Balaban J connectivity index is 1.48. The number of rotatable bonds is 5. The lowest BCUT2D eigenvalue weighted by Crippen LogP contribution is -2.36. The molecule has 0 saturated heterocycles. The van der Waals surface area contributed by atoms with Gasteiger partial charge in [-0.1, -0.05) is 42.5 Å². The highest BCUT2D eigenvalue weighted by molar-refractivity contribution is 5.95. The fraction of sp³-hybridized carbons (Fsp3) is 0.333. The molecule has 5 heteroatoms. The zero-order valence-electron chi connectivity index (χ0n) is 17.3. The van der Waals surface area contributed by atoms with Gasteiger partial charge in [-0.3, -0.25) is 9.48 Å². The van der Waals surface area contributed by atoms with E-state index in [4.69, 9.17) is 4.74 Å².